The second kappa shape index (κ2) is 4.50. The van der Waals surface area contributed by atoms with E-state index in [2.05, 4.69) is 15.6 Å². The molecule has 3 rings (SSSR count). The van der Waals surface area contributed by atoms with Crippen molar-refractivity contribution in [2.75, 3.05) is 18.6 Å². The number of hydrazine groups is 1. The van der Waals surface area contributed by atoms with E-state index in [1.54, 1.807) is 6.07 Å². The molecule has 0 bridgehead atoms. The Labute approximate surface area is 104 Å². The van der Waals surface area contributed by atoms with Crippen LogP contribution in [-0.2, 0) is 0 Å². The highest BCUT2D eigenvalue weighted by Gasteiger charge is 2.12. The lowest BCUT2D eigenvalue weighted by atomic mass is 10.1. The highest BCUT2D eigenvalue weighted by molar-refractivity contribution is 5.64. The maximum atomic E-state index is 5.52. The van der Waals surface area contributed by atoms with Crippen LogP contribution in [0, 0.1) is 0 Å². The third-order valence-corrected chi connectivity index (χ3v) is 2.65. The molecule has 92 valence electrons. The van der Waals surface area contributed by atoms with Crippen molar-refractivity contribution < 1.29 is 9.47 Å². The molecule has 6 heteroatoms. The summed E-state index contributed by atoms with van der Waals surface area (Å²) in [4.78, 5) is 0. The van der Waals surface area contributed by atoms with Gasteiger partial charge in [0.1, 0.15) is 13.2 Å². The van der Waals surface area contributed by atoms with Crippen LogP contribution in [-0.4, -0.2) is 23.4 Å². The van der Waals surface area contributed by atoms with E-state index in [4.69, 9.17) is 15.3 Å². The number of hydrogen-bond donors (Lipinski definition) is 2. The minimum atomic E-state index is 0.524. The molecule has 0 fully saturated rings. The zero-order chi connectivity index (χ0) is 12.4. The fraction of sp³-hybridized carbons (Fsp3) is 0.167. The average Bonchev–Trinajstić information content (AvgIpc) is 2.47. The number of rotatable bonds is 2. The first kappa shape index (κ1) is 10.8. The first-order valence-electron chi connectivity index (χ1n) is 5.57. The molecule has 1 aromatic heterocycles. The fourth-order valence-electron chi connectivity index (χ4n) is 1.77. The topological polar surface area (TPSA) is 82.3 Å². The number of hydrogen-bond acceptors (Lipinski definition) is 6. The predicted molar refractivity (Wildman–Crippen MR) is 66.3 cm³/mol. The fourth-order valence-corrected chi connectivity index (χ4v) is 1.77. The van der Waals surface area contributed by atoms with E-state index in [-0.39, 0.29) is 0 Å². The van der Waals surface area contributed by atoms with E-state index < -0.39 is 0 Å². The maximum absolute atomic E-state index is 5.52. The number of fused-ring (bicyclic) bond motifs is 1. The zero-order valence-electron chi connectivity index (χ0n) is 9.59. The van der Waals surface area contributed by atoms with Gasteiger partial charge < -0.3 is 14.9 Å². The van der Waals surface area contributed by atoms with Gasteiger partial charge in [0, 0.05) is 5.56 Å². The summed E-state index contributed by atoms with van der Waals surface area (Å²) in [6.07, 6.45) is 0. The molecule has 2 heterocycles. The van der Waals surface area contributed by atoms with Crippen molar-refractivity contribution in [2.24, 2.45) is 5.84 Å². The molecule has 2 aromatic rings. The summed E-state index contributed by atoms with van der Waals surface area (Å²) < 4.78 is 11.0. The van der Waals surface area contributed by atoms with Crippen LogP contribution in [0.3, 0.4) is 0 Å². The van der Waals surface area contributed by atoms with Crippen LogP contribution in [0.25, 0.3) is 11.3 Å². The Morgan fingerprint density at radius 3 is 2.56 bits per heavy atom. The van der Waals surface area contributed by atoms with Crippen molar-refractivity contribution in [3.05, 3.63) is 30.3 Å². The summed E-state index contributed by atoms with van der Waals surface area (Å²) in [6.45, 7) is 1.15. The van der Waals surface area contributed by atoms with Gasteiger partial charge in [0.15, 0.2) is 17.3 Å². The summed E-state index contributed by atoms with van der Waals surface area (Å²) in [5.74, 6) is 7.26. The predicted octanol–water partition coefficient (Wildman–Crippen LogP) is 1.20. The summed E-state index contributed by atoms with van der Waals surface area (Å²) in [6, 6.07) is 9.30. The number of aromatic nitrogens is 2. The molecular formula is C12H12N4O2. The molecule has 0 spiro atoms. The molecule has 0 amide bonds. The highest BCUT2D eigenvalue weighted by atomic mass is 16.6. The number of anilines is 1. The molecule has 1 aromatic carbocycles. The summed E-state index contributed by atoms with van der Waals surface area (Å²) >= 11 is 0. The summed E-state index contributed by atoms with van der Waals surface area (Å²) in [5.41, 5.74) is 4.12. The number of nitrogen functional groups attached to an aromatic ring is 1. The van der Waals surface area contributed by atoms with Gasteiger partial charge in [-0.1, -0.05) is 0 Å². The first-order chi connectivity index (χ1) is 8.86. The first-order valence-corrected chi connectivity index (χ1v) is 5.57. The molecule has 3 N–H and O–H groups in total. The standard InChI is InChI=1S/C12H12N4O2/c13-14-12-4-2-9(15-16-12)8-1-3-10-11(7-8)18-6-5-17-10/h1-4,7H,5-6,13H2,(H,14,16). The van der Waals surface area contributed by atoms with Crippen LogP contribution >= 0.6 is 0 Å². The summed E-state index contributed by atoms with van der Waals surface area (Å²) in [7, 11) is 0. The van der Waals surface area contributed by atoms with Gasteiger partial charge in [0.05, 0.1) is 5.69 Å². The van der Waals surface area contributed by atoms with Crippen molar-refractivity contribution in [1.82, 2.24) is 10.2 Å². The molecule has 0 saturated heterocycles. The molecule has 0 atom stereocenters. The molecule has 0 saturated carbocycles. The van der Waals surface area contributed by atoms with Crippen LogP contribution in [0.5, 0.6) is 11.5 Å². The van der Waals surface area contributed by atoms with E-state index in [1.807, 2.05) is 24.3 Å². The van der Waals surface area contributed by atoms with Crippen molar-refractivity contribution in [1.29, 1.82) is 0 Å². The Balaban J connectivity index is 1.95. The second-order valence-corrected chi connectivity index (χ2v) is 3.81. The molecule has 0 radical (unpaired) electrons. The Morgan fingerprint density at radius 2 is 1.83 bits per heavy atom. The molecule has 1 aliphatic heterocycles. The minimum Gasteiger partial charge on any atom is -0.486 e. The Kier molecular flexibility index (Phi) is 2.70. The lowest BCUT2D eigenvalue weighted by Crippen LogP contribution is -2.15. The maximum Gasteiger partial charge on any atom is 0.162 e. The third kappa shape index (κ3) is 1.93. The van der Waals surface area contributed by atoms with Crippen molar-refractivity contribution in [3.8, 4) is 22.8 Å². The molecular weight excluding hydrogens is 232 g/mol. The Morgan fingerprint density at radius 1 is 1.00 bits per heavy atom. The third-order valence-electron chi connectivity index (χ3n) is 2.65. The van der Waals surface area contributed by atoms with E-state index in [0.717, 1.165) is 22.8 Å². The molecule has 0 unspecified atom stereocenters. The molecule has 1 aliphatic rings. The van der Waals surface area contributed by atoms with E-state index in [1.165, 1.54) is 0 Å². The van der Waals surface area contributed by atoms with Crippen LogP contribution < -0.4 is 20.7 Å². The van der Waals surface area contributed by atoms with E-state index in [0.29, 0.717) is 19.0 Å². The number of nitrogens with zero attached hydrogens (tertiary/aromatic N) is 2. The van der Waals surface area contributed by atoms with Gasteiger partial charge in [-0.3, -0.25) is 0 Å². The largest absolute Gasteiger partial charge is 0.486 e. The van der Waals surface area contributed by atoms with Crippen LogP contribution in [0.1, 0.15) is 0 Å². The van der Waals surface area contributed by atoms with Crippen LogP contribution in [0.2, 0.25) is 0 Å². The van der Waals surface area contributed by atoms with Gasteiger partial charge in [-0.2, -0.15) is 0 Å². The normalized spacial score (nSPS) is 13.2. The van der Waals surface area contributed by atoms with Gasteiger partial charge in [-0.15, -0.1) is 10.2 Å². The van der Waals surface area contributed by atoms with Gasteiger partial charge in [0.25, 0.3) is 0 Å². The van der Waals surface area contributed by atoms with Crippen LogP contribution in [0.4, 0.5) is 5.82 Å². The van der Waals surface area contributed by atoms with Crippen molar-refractivity contribution in [2.45, 2.75) is 0 Å². The van der Waals surface area contributed by atoms with E-state index in [9.17, 15) is 0 Å². The monoisotopic (exact) mass is 244 g/mol. The molecule has 6 nitrogen and oxygen atoms in total. The number of nitrogens with two attached hydrogens (primary N) is 1. The van der Waals surface area contributed by atoms with Gasteiger partial charge >= 0.3 is 0 Å². The quantitative estimate of drug-likeness (QED) is 0.610. The minimum absolute atomic E-state index is 0.524. The Hall–Kier alpha value is -2.34. The lowest BCUT2D eigenvalue weighted by molar-refractivity contribution is 0.171. The highest BCUT2D eigenvalue weighted by Crippen LogP contribution is 2.33. The SMILES string of the molecule is NNc1ccc(-c2ccc3c(c2)OCCO3)nn1. The average molecular weight is 244 g/mol. The smallest absolute Gasteiger partial charge is 0.162 e. The van der Waals surface area contributed by atoms with Crippen LogP contribution in [0.15, 0.2) is 30.3 Å². The lowest BCUT2D eigenvalue weighted by Gasteiger charge is -2.18. The van der Waals surface area contributed by atoms with Gasteiger partial charge in [0.2, 0.25) is 0 Å². The van der Waals surface area contributed by atoms with Crippen molar-refractivity contribution >= 4 is 5.82 Å². The number of ether oxygens (including phenoxy) is 2. The van der Waals surface area contributed by atoms with Gasteiger partial charge in [-0.05, 0) is 30.3 Å². The molecule has 0 aliphatic carbocycles. The molecule has 18 heavy (non-hydrogen) atoms. The Bertz CT molecular complexity index is 557. The zero-order valence-corrected chi connectivity index (χ0v) is 9.59. The second-order valence-electron chi connectivity index (χ2n) is 3.81. The van der Waals surface area contributed by atoms with Crippen molar-refractivity contribution in [3.63, 3.8) is 0 Å². The summed E-state index contributed by atoms with van der Waals surface area (Å²) in [5, 5.41) is 8.01. The number of nitrogens with one attached hydrogen (secondary N) is 1. The number of benzene rings is 1. The van der Waals surface area contributed by atoms with E-state index >= 15 is 0 Å². The van der Waals surface area contributed by atoms with Gasteiger partial charge in [-0.25, -0.2) is 5.84 Å².